The minimum Gasteiger partial charge on any atom is -0.652 e. The van der Waals surface area contributed by atoms with Crippen LogP contribution in [0, 0.1) is 0 Å². The largest absolute Gasteiger partial charge is 2.00 e. The summed E-state index contributed by atoms with van der Waals surface area (Å²) in [5, 5.41) is 33.3. The molecule has 0 rings (SSSR count). The zero-order valence-corrected chi connectivity index (χ0v) is 11.9. The van der Waals surface area contributed by atoms with E-state index in [4.69, 9.17) is 30.0 Å². The summed E-state index contributed by atoms with van der Waals surface area (Å²) >= 11 is 0. The van der Waals surface area contributed by atoms with E-state index in [1.165, 1.54) is 0 Å². The van der Waals surface area contributed by atoms with Crippen molar-refractivity contribution in [3.63, 3.8) is 0 Å². The molecule has 0 heterocycles. The van der Waals surface area contributed by atoms with Crippen LogP contribution in [0.2, 0.25) is 0 Å². The predicted molar refractivity (Wildman–Crippen MR) is 10.8 cm³/mol. The van der Waals surface area contributed by atoms with Gasteiger partial charge >= 0.3 is 46.8 Å². The van der Waals surface area contributed by atoms with E-state index < -0.39 is 12.3 Å². The van der Waals surface area contributed by atoms with Gasteiger partial charge in [-0.05, 0) is 12.3 Å². The van der Waals surface area contributed by atoms with Crippen LogP contribution in [0.3, 0.4) is 0 Å². The van der Waals surface area contributed by atoms with Crippen LogP contribution in [0.4, 0.5) is 9.59 Å². The van der Waals surface area contributed by atoms with Crippen molar-refractivity contribution in [3.8, 4) is 0 Å². The molecular weight excluding hydrogens is 298 g/mol. The Morgan fingerprint density at radius 3 is 0.800 bits per heavy atom. The molecule has 0 atom stereocenters. The summed E-state index contributed by atoms with van der Waals surface area (Å²) in [5.41, 5.74) is 0. The Balaban J connectivity index is -0.0000000300. The first-order valence-corrected chi connectivity index (χ1v) is 1.22. The van der Waals surface area contributed by atoms with Gasteiger partial charge in [-0.25, -0.2) is 0 Å². The molecule has 10 heavy (non-hydrogen) atoms. The minimum absolute atomic E-state index is 0. The summed E-state index contributed by atoms with van der Waals surface area (Å²) < 4.78 is 0. The predicted octanol–water partition coefficient (Wildman–Crippen LogP) is -4.90. The Bertz CT molecular complexity index is 73.7. The van der Waals surface area contributed by atoms with E-state index in [0.717, 1.165) is 0 Å². The van der Waals surface area contributed by atoms with Crippen LogP contribution < -0.4 is 20.4 Å². The standard InChI is InChI=1S/2CH2O3.Cd.Zn/c2*2-1(3)4;;/h2*(H2,2,3,4);;/q;;2*+2/p-4. The SMILES string of the molecule is O=C([O-])[O-].O=C([O-])[O-].[Cd+2].[Zn+2]. The summed E-state index contributed by atoms with van der Waals surface area (Å²) in [5.74, 6) is 0. The van der Waals surface area contributed by atoms with Crippen LogP contribution in [0.15, 0.2) is 0 Å². The first-order chi connectivity index (χ1) is 3.46. The molecule has 0 spiro atoms. The second-order valence-electron chi connectivity index (χ2n) is 0.500. The Kier molecular flexibility index (Phi) is 36.1. The smallest absolute Gasteiger partial charge is 0.652 e. The van der Waals surface area contributed by atoms with Crippen molar-refractivity contribution >= 4 is 12.3 Å². The topological polar surface area (TPSA) is 126 Å². The molecule has 0 amide bonds. The summed E-state index contributed by atoms with van der Waals surface area (Å²) in [4.78, 5) is 16.7. The quantitative estimate of drug-likeness (QED) is 0.412. The van der Waals surface area contributed by atoms with Gasteiger partial charge in [-0.3, -0.25) is 0 Å². The van der Waals surface area contributed by atoms with Gasteiger partial charge in [0.2, 0.25) is 0 Å². The number of carbonyl (C=O) groups is 2. The van der Waals surface area contributed by atoms with Gasteiger partial charge in [0.05, 0.1) is 0 Å². The van der Waals surface area contributed by atoms with E-state index in [-0.39, 0.29) is 46.8 Å². The third-order valence-electron chi connectivity index (χ3n) is 0. The van der Waals surface area contributed by atoms with Gasteiger partial charge in [0, 0.05) is 0 Å². The van der Waals surface area contributed by atoms with Crippen molar-refractivity contribution in [1.29, 1.82) is 0 Å². The molecule has 0 fully saturated rings. The van der Waals surface area contributed by atoms with Crippen LogP contribution in [0.1, 0.15) is 0 Å². The number of hydrogen-bond donors (Lipinski definition) is 0. The van der Waals surface area contributed by atoms with Crippen LogP contribution in [-0.2, 0) is 46.8 Å². The van der Waals surface area contributed by atoms with Crippen molar-refractivity contribution < 1.29 is 76.8 Å². The molecular formula is C2CdO6Zn. The molecule has 48 valence electrons. The van der Waals surface area contributed by atoms with Crippen molar-refractivity contribution in [1.82, 2.24) is 0 Å². The van der Waals surface area contributed by atoms with E-state index in [1.807, 2.05) is 0 Å². The fraction of sp³-hybridized carbons (Fsp3) is 0. The third kappa shape index (κ3) is 55600. The molecule has 0 aromatic carbocycles. The van der Waals surface area contributed by atoms with Crippen molar-refractivity contribution in [2.75, 3.05) is 0 Å². The molecule has 8 heteroatoms. The summed E-state index contributed by atoms with van der Waals surface area (Å²) in [6.07, 6.45) is -4.67. The fourth-order valence-corrected chi connectivity index (χ4v) is 0. The normalized spacial score (nSPS) is 4.80. The molecule has 0 aliphatic carbocycles. The first-order valence-electron chi connectivity index (χ1n) is 1.22. The maximum atomic E-state index is 8.33. The molecule has 6 nitrogen and oxygen atoms in total. The van der Waals surface area contributed by atoms with Gasteiger partial charge in [-0.15, -0.1) is 0 Å². The van der Waals surface area contributed by atoms with Crippen LogP contribution in [0.5, 0.6) is 0 Å². The third-order valence-corrected chi connectivity index (χ3v) is 0. The zero-order chi connectivity index (χ0) is 7.15. The molecule has 0 aromatic rings. The number of carboxylic acid groups (broad SMARTS) is 4. The van der Waals surface area contributed by atoms with Crippen LogP contribution in [0.25, 0.3) is 0 Å². The molecule has 0 bridgehead atoms. The Labute approximate surface area is 88.8 Å². The van der Waals surface area contributed by atoms with Gasteiger partial charge in [0.25, 0.3) is 0 Å². The van der Waals surface area contributed by atoms with Crippen LogP contribution >= 0.6 is 0 Å². The summed E-state index contributed by atoms with van der Waals surface area (Å²) in [6.45, 7) is 0. The average molecular weight is 298 g/mol. The van der Waals surface area contributed by atoms with E-state index in [1.54, 1.807) is 0 Å². The average Bonchev–Trinajstić information content (AvgIpc) is 1.25. The fourth-order valence-electron chi connectivity index (χ4n) is 0. The zero-order valence-electron chi connectivity index (χ0n) is 4.86. The molecule has 0 N–H and O–H groups in total. The number of hydrogen-bond acceptors (Lipinski definition) is 6. The van der Waals surface area contributed by atoms with Gasteiger partial charge in [0.15, 0.2) is 0 Å². The number of rotatable bonds is 0. The molecule has 0 saturated heterocycles. The maximum absolute atomic E-state index is 8.33. The minimum atomic E-state index is -2.33. The van der Waals surface area contributed by atoms with E-state index >= 15 is 0 Å². The monoisotopic (exact) mass is 298 g/mol. The van der Waals surface area contributed by atoms with Gasteiger partial charge in [-0.2, -0.15) is 0 Å². The van der Waals surface area contributed by atoms with Gasteiger partial charge < -0.3 is 30.0 Å². The van der Waals surface area contributed by atoms with Crippen molar-refractivity contribution in [2.24, 2.45) is 0 Å². The number of carbonyl (C=O) groups excluding carboxylic acids is 2. The Morgan fingerprint density at radius 1 is 0.800 bits per heavy atom. The van der Waals surface area contributed by atoms with E-state index in [9.17, 15) is 0 Å². The van der Waals surface area contributed by atoms with Gasteiger partial charge in [0.1, 0.15) is 0 Å². The molecule has 0 aromatic heterocycles. The molecule has 0 saturated carbocycles. The van der Waals surface area contributed by atoms with E-state index in [0.29, 0.717) is 0 Å². The Hall–Kier alpha value is 0.0855. The second kappa shape index (κ2) is 16.0. The molecule has 0 aliphatic rings. The molecule has 0 radical (unpaired) electrons. The van der Waals surface area contributed by atoms with Gasteiger partial charge in [-0.1, -0.05) is 0 Å². The Morgan fingerprint density at radius 2 is 0.800 bits per heavy atom. The maximum Gasteiger partial charge on any atom is 2.00 e. The summed E-state index contributed by atoms with van der Waals surface area (Å²) in [6, 6.07) is 0. The van der Waals surface area contributed by atoms with Crippen LogP contribution in [-0.4, -0.2) is 12.3 Å². The summed E-state index contributed by atoms with van der Waals surface area (Å²) in [7, 11) is 0. The second-order valence-corrected chi connectivity index (χ2v) is 0.500. The van der Waals surface area contributed by atoms with Crippen molar-refractivity contribution in [2.45, 2.75) is 0 Å². The molecule has 0 aliphatic heterocycles. The first kappa shape index (κ1) is 22.5. The molecule has 0 unspecified atom stereocenters. The van der Waals surface area contributed by atoms with Crippen molar-refractivity contribution in [3.05, 3.63) is 0 Å². The van der Waals surface area contributed by atoms with E-state index in [2.05, 4.69) is 0 Å².